The van der Waals surface area contributed by atoms with Gasteiger partial charge in [0.15, 0.2) is 5.82 Å². The van der Waals surface area contributed by atoms with Gasteiger partial charge in [0.1, 0.15) is 6.10 Å². The maximum absolute atomic E-state index is 5.12. The second kappa shape index (κ2) is 5.41. The molecule has 0 spiro atoms. The first-order valence-corrected chi connectivity index (χ1v) is 5.52. The lowest BCUT2D eigenvalue weighted by Gasteiger charge is -2.19. The fraction of sp³-hybridized carbons (Fsp3) is 0.818. The molecule has 0 aliphatic carbocycles. The Morgan fingerprint density at radius 2 is 2.12 bits per heavy atom. The van der Waals surface area contributed by atoms with E-state index in [2.05, 4.69) is 36.2 Å². The molecule has 5 heteroatoms. The van der Waals surface area contributed by atoms with Gasteiger partial charge in [0.25, 0.3) is 0 Å². The van der Waals surface area contributed by atoms with Gasteiger partial charge in [-0.25, -0.2) is 0 Å². The summed E-state index contributed by atoms with van der Waals surface area (Å²) in [6.45, 7) is 9.09. The van der Waals surface area contributed by atoms with Crippen LogP contribution in [0.25, 0.3) is 0 Å². The van der Waals surface area contributed by atoms with Gasteiger partial charge in [0.05, 0.1) is 0 Å². The first-order chi connectivity index (χ1) is 7.42. The molecule has 0 aromatic carbocycles. The van der Waals surface area contributed by atoms with E-state index in [1.165, 1.54) is 0 Å². The molecule has 5 nitrogen and oxygen atoms in total. The third-order valence-corrected chi connectivity index (χ3v) is 2.20. The van der Waals surface area contributed by atoms with Crippen molar-refractivity contribution in [3.05, 3.63) is 11.7 Å². The predicted molar refractivity (Wildman–Crippen MR) is 61.2 cm³/mol. The van der Waals surface area contributed by atoms with E-state index in [0.717, 1.165) is 13.0 Å². The van der Waals surface area contributed by atoms with Gasteiger partial charge in [0.2, 0.25) is 5.89 Å². The Labute approximate surface area is 96.6 Å². The highest BCUT2D eigenvalue weighted by Crippen LogP contribution is 2.11. The molecule has 1 unspecified atom stereocenters. The average Bonchev–Trinajstić information content (AvgIpc) is 2.63. The maximum atomic E-state index is 5.12. The van der Waals surface area contributed by atoms with Crippen molar-refractivity contribution < 1.29 is 9.26 Å². The number of hydrogen-bond donors (Lipinski definition) is 1. The summed E-state index contributed by atoms with van der Waals surface area (Å²) in [7, 11) is 1.63. The molecule has 1 aromatic rings. The Kier molecular flexibility index (Phi) is 4.44. The number of rotatable bonds is 5. The predicted octanol–water partition coefficient (Wildman–Crippen LogP) is 1.71. The fourth-order valence-corrected chi connectivity index (χ4v) is 1.18. The average molecular weight is 227 g/mol. The van der Waals surface area contributed by atoms with E-state index in [0.29, 0.717) is 11.7 Å². The van der Waals surface area contributed by atoms with E-state index in [1.54, 1.807) is 7.11 Å². The third-order valence-electron chi connectivity index (χ3n) is 2.20. The molecule has 0 aliphatic rings. The lowest BCUT2D eigenvalue weighted by atomic mass is 10.1. The molecule has 0 aliphatic heterocycles. The van der Waals surface area contributed by atoms with E-state index in [-0.39, 0.29) is 11.6 Å². The Morgan fingerprint density at radius 1 is 1.44 bits per heavy atom. The molecule has 16 heavy (non-hydrogen) atoms. The number of methoxy groups -OCH3 is 1. The number of nitrogens with one attached hydrogen (secondary N) is 1. The van der Waals surface area contributed by atoms with Crippen LogP contribution in [0, 0.1) is 0 Å². The second-order valence-electron chi connectivity index (χ2n) is 4.85. The summed E-state index contributed by atoms with van der Waals surface area (Å²) in [5.74, 6) is 1.25. The van der Waals surface area contributed by atoms with Crippen molar-refractivity contribution in [2.75, 3.05) is 13.7 Å². The zero-order chi connectivity index (χ0) is 12.2. The van der Waals surface area contributed by atoms with Crippen molar-refractivity contribution in [3.8, 4) is 0 Å². The van der Waals surface area contributed by atoms with Gasteiger partial charge in [-0.15, -0.1) is 0 Å². The van der Waals surface area contributed by atoms with Gasteiger partial charge in [-0.1, -0.05) is 5.16 Å². The van der Waals surface area contributed by atoms with Crippen LogP contribution < -0.4 is 5.32 Å². The molecule has 0 amide bonds. The van der Waals surface area contributed by atoms with Crippen LogP contribution in [0.5, 0.6) is 0 Å². The molecule has 1 heterocycles. The largest absolute Gasteiger partial charge is 0.374 e. The topological polar surface area (TPSA) is 60.2 Å². The molecule has 1 atom stereocenters. The Balaban J connectivity index is 2.41. The molecule has 0 radical (unpaired) electrons. The van der Waals surface area contributed by atoms with E-state index in [1.807, 2.05) is 6.92 Å². The van der Waals surface area contributed by atoms with Crippen molar-refractivity contribution in [1.29, 1.82) is 0 Å². The van der Waals surface area contributed by atoms with Crippen molar-refractivity contribution in [1.82, 2.24) is 15.5 Å². The first-order valence-electron chi connectivity index (χ1n) is 5.52. The van der Waals surface area contributed by atoms with Crippen LogP contribution in [0.4, 0.5) is 0 Å². The van der Waals surface area contributed by atoms with Crippen LogP contribution in [-0.4, -0.2) is 29.3 Å². The third kappa shape index (κ3) is 4.28. The van der Waals surface area contributed by atoms with Crippen molar-refractivity contribution in [2.24, 2.45) is 0 Å². The molecule has 1 rings (SSSR count). The monoisotopic (exact) mass is 227 g/mol. The van der Waals surface area contributed by atoms with Gasteiger partial charge in [-0.2, -0.15) is 4.98 Å². The minimum atomic E-state index is -0.118. The quantitative estimate of drug-likeness (QED) is 0.829. The minimum Gasteiger partial charge on any atom is -0.374 e. The van der Waals surface area contributed by atoms with Crippen LogP contribution in [0.3, 0.4) is 0 Å². The van der Waals surface area contributed by atoms with Gasteiger partial charge >= 0.3 is 0 Å². The zero-order valence-electron chi connectivity index (χ0n) is 10.7. The summed E-state index contributed by atoms with van der Waals surface area (Å²) in [5.41, 5.74) is 0.114. The minimum absolute atomic E-state index is 0.114. The van der Waals surface area contributed by atoms with Crippen LogP contribution in [-0.2, 0) is 11.2 Å². The zero-order valence-corrected chi connectivity index (χ0v) is 10.7. The van der Waals surface area contributed by atoms with Crippen molar-refractivity contribution in [2.45, 2.75) is 45.8 Å². The lowest BCUT2D eigenvalue weighted by molar-refractivity contribution is 0.109. The van der Waals surface area contributed by atoms with E-state index in [4.69, 9.17) is 9.26 Å². The molecule has 1 aromatic heterocycles. The number of ether oxygens (including phenoxy) is 1. The van der Waals surface area contributed by atoms with Crippen molar-refractivity contribution >= 4 is 0 Å². The molecular formula is C11H21N3O2. The van der Waals surface area contributed by atoms with Gasteiger partial charge in [-0.3, -0.25) is 0 Å². The van der Waals surface area contributed by atoms with Crippen LogP contribution in [0.2, 0.25) is 0 Å². The van der Waals surface area contributed by atoms with Crippen molar-refractivity contribution in [3.63, 3.8) is 0 Å². The Bertz CT molecular complexity index is 317. The van der Waals surface area contributed by atoms with E-state index < -0.39 is 0 Å². The van der Waals surface area contributed by atoms with Gasteiger partial charge in [-0.05, 0) is 27.7 Å². The number of hydrogen-bond acceptors (Lipinski definition) is 5. The molecule has 0 fully saturated rings. The highest BCUT2D eigenvalue weighted by molar-refractivity contribution is 4.90. The summed E-state index contributed by atoms with van der Waals surface area (Å²) in [5, 5.41) is 7.23. The normalized spacial score (nSPS) is 14.1. The Hall–Kier alpha value is -0.940. The van der Waals surface area contributed by atoms with Crippen LogP contribution >= 0.6 is 0 Å². The van der Waals surface area contributed by atoms with Gasteiger partial charge < -0.3 is 14.6 Å². The first kappa shape index (κ1) is 13.1. The molecule has 0 saturated carbocycles. The van der Waals surface area contributed by atoms with Crippen LogP contribution in [0.1, 0.15) is 45.5 Å². The van der Waals surface area contributed by atoms with E-state index in [9.17, 15) is 0 Å². The molecular weight excluding hydrogens is 206 g/mol. The highest BCUT2D eigenvalue weighted by atomic mass is 16.5. The highest BCUT2D eigenvalue weighted by Gasteiger charge is 2.13. The fourth-order valence-electron chi connectivity index (χ4n) is 1.18. The second-order valence-corrected chi connectivity index (χ2v) is 4.85. The molecule has 1 N–H and O–H groups in total. The smallest absolute Gasteiger partial charge is 0.228 e. The Morgan fingerprint density at radius 3 is 2.69 bits per heavy atom. The number of aromatic nitrogens is 2. The summed E-state index contributed by atoms with van der Waals surface area (Å²) in [6.07, 6.45) is 0.619. The standard InChI is InChI=1S/C11H21N3O2/c1-8(15-5)10-13-9(16-14-10)6-7-12-11(2,3)4/h8,12H,6-7H2,1-5H3. The summed E-state index contributed by atoms with van der Waals surface area (Å²) < 4.78 is 10.2. The molecule has 0 bridgehead atoms. The summed E-state index contributed by atoms with van der Waals surface area (Å²) in [6, 6.07) is 0. The molecule has 0 saturated heterocycles. The van der Waals surface area contributed by atoms with Crippen LogP contribution in [0.15, 0.2) is 4.52 Å². The summed E-state index contributed by atoms with van der Waals surface area (Å²) in [4.78, 5) is 4.26. The van der Waals surface area contributed by atoms with E-state index >= 15 is 0 Å². The lowest BCUT2D eigenvalue weighted by Crippen LogP contribution is -2.37. The molecule has 92 valence electrons. The summed E-state index contributed by atoms with van der Waals surface area (Å²) >= 11 is 0. The SMILES string of the molecule is COC(C)c1noc(CCNC(C)(C)C)n1. The maximum Gasteiger partial charge on any atom is 0.228 e. The number of nitrogens with zero attached hydrogens (tertiary/aromatic N) is 2. The van der Waals surface area contributed by atoms with Gasteiger partial charge in [0, 0.05) is 25.6 Å².